The minimum Gasteiger partial charge on any atom is -0.490 e. The number of rotatable bonds is 11. The van der Waals surface area contributed by atoms with Crippen molar-refractivity contribution < 1.29 is 26.7 Å². The number of nitrogens with zero attached hydrogens (tertiary/aromatic N) is 1. The minimum atomic E-state index is -3.03. The quantitative estimate of drug-likeness (QED) is 0.422. The average Bonchev–Trinajstić information content (AvgIpc) is 2.59. The van der Waals surface area contributed by atoms with Crippen molar-refractivity contribution in [3.63, 3.8) is 0 Å². The molecular weight excluding hydrogens is 392 g/mol. The Morgan fingerprint density at radius 2 is 1.96 bits per heavy atom. The van der Waals surface area contributed by atoms with E-state index in [0.29, 0.717) is 25.5 Å². The van der Waals surface area contributed by atoms with E-state index in [2.05, 4.69) is 20.4 Å². The van der Waals surface area contributed by atoms with Crippen molar-refractivity contribution in [2.24, 2.45) is 4.99 Å². The molecule has 0 aromatic heterocycles. The third-order valence-corrected chi connectivity index (χ3v) is 4.57. The summed E-state index contributed by atoms with van der Waals surface area (Å²) in [6.07, 6.45) is 1.66. The van der Waals surface area contributed by atoms with Gasteiger partial charge in [0.1, 0.15) is 9.84 Å². The molecule has 10 heteroatoms. The Kier molecular flexibility index (Phi) is 9.98. The normalized spacial score (nSPS) is 13.3. The minimum absolute atomic E-state index is 0.0241. The number of aliphatic imine (C=N–C) groups is 1. The van der Waals surface area contributed by atoms with Crippen molar-refractivity contribution in [3.8, 4) is 11.5 Å². The zero-order chi connectivity index (χ0) is 21.2. The fourth-order valence-electron chi connectivity index (χ4n) is 2.30. The molecule has 1 aromatic carbocycles. The Hall–Kier alpha value is -2.10. The highest BCUT2D eigenvalue weighted by Gasteiger charge is 2.12. The van der Waals surface area contributed by atoms with Gasteiger partial charge < -0.3 is 20.1 Å². The highest BCUT2D eigenvalue weighted by Crippen LogP contribution is 2.30. The number of ether oxygens (including phenoxy) is 2. The van der Waals surface area contributed by atoms with E-state index in [-0.39, 0.29) is 29.8 Å². The van der Waals surface area contributed by atoms with E-state index in [1.165, 1.54) is 12.3 Å². The van der Waals surface area contributed by atoms with Gasteiger partial charge >= 0.3 is 6.61 Å². The summed E-state index contributed by atoms with van der Waals surface area (Å²) in [6.45, 7) is 3.85. The van der Waals surface area contributed by atoms with Crippen molar-refractivity contribution in [3.05, 3.63) is 23.8 Å². The lowest BCUT2D eigenvalue weighted by Gasteiger charge is -2.17. The molecule has 0 aliphatic heterocycles. The Morgan fingerprint density at radius 3 is 2.54 bits per heavy atom. The molecule has 28 heavy (non-hydrogen) atoms. The van der Waals surface area contributed by atoms with E-state index in [9.17, 15) is 17.2 Å². The predicted molar refractivity (Wildman–Crippen MR) is 106 cm³/mol. The van der Waals surface area contributed by atoms with Crippen molar-refractivity contribution in [1.82, 2.24) is 10.6 Å². The SMILES string of the molecule is CCNC(=NCc1ccc(OC(F)F)c(OCC)c1)NC(C)CCS(C)(=O)=O. The first kappa shape index (κ1) is 23.9. The third-order valence-electron chi connectivity index (χ3n) is 3.59. The first-order valence-electron chi connectivity index (χ1n) is 9.07. The van der Waals surface area contributed by atoms with Crippen LogP contribution in [0.25, 0.3) is 0 Å². The van der Waals surface area contributed by atoms with Crippen molar-refractivity contribution in [2.75, 3.05) is 25.2 Å². The zero-order valence-electron chi connectivity index (χ0n) is 16.7. The lowest BCUT2D eigenvalue weighted by atomic mass is 10.2. The van der Waals surface area contributed by atoms with E-state index in [4.69, 9.17) is 4.74 Å². The van der Waals surface area contributed by atoms with Crippen molar-refractivity contribution in [2.45, 2.75) is 46.4 Å². The molecule has 0 fully saturated rings. The van der Waals surface area contributed by atoms with Crippen molar-refractivity contribution >= 4 is 15.8 Å². The first-order valence-corrected chi connectivity index (χ1v) is 11.1. The van der Waals surface area contributed by atoms with Crippen LogP contribution in [0.5, 0.6) is 11.5 Å². The molecule has 0 heterocycles. The second kappa shape index (κ2) is 11.7. The summed E-state index contributed by atoms with van der Waals surface area (Å²) in [7, 11) is -3.03. The molecule has 0 saturated heterocycles. The van der Waals surface area contributed by atoms with Crippen LogP contribution >= 0.6 is 0 Å². The van der Waals surface area contributed by atoms with Gasteiger partial charge in [0.25, 0.3) is 0 Å². The Balaban J connectivity index is 2.83. The summed E-state index contributed by atoms with van der Waals surface area (Å²) >= 11 is 0. The lowest BCUT2D eigenvalue weighted by molar-refractivity contribution is -0.0514. The van der Waals surface area contributed by atoms with Crippen LogP contribution < -0.4 is 20.1 Å². The second-order valence-corrected chi connectivity index (χ2v) is 8.51. The number of guanidine groups is 1. The molecule has 0 saturated carbocycles. The molecule has 1 atom stereocenters. The van der Waals surface area contributed by atoms with E-state index >= 15 is 0 Å². The number of alkyl halides is 2. The lowest BCUT2D eigenvalue weighted by Crippen LogP contribution is -2.42. The fourth-order valence-corrected chi connectivity index (χ4v) is 3.08. The van der Waals surface area contributed by atoms with Gasteiger partial charge in [-0.05, 0) is 44.9 Å². The zero-order valence-corrected chi connectivity index (χ0v) is 17.5. The van der Waals surface area contributed by atoms with Gasteiger partial charge in [0, 0.05) is 18.8 Å². The molecule has 1 rings (SSSR count). The van der Waals surface area contributed by atoms with Crippen LogP contribution in [0, 0.1) is 0 Å². The van der Waals surface area contributed by atoms with Crippen LogP contribution in [0.1, 0.15) is 32.8 Å². The molecule has 0 bridgehead atoms. The van der Waals surface area contributed by atoms with Gasteiger partial charge in [0.05, 0.1) is 18.9 Å². The maximum Gasteiger partial charge on any atom is 0.387 e. The number of hydrogen-bond acceptors (Lipinski definition) is 5. The average molecular weight is 422 g/mol. The molecule has 160 valence electrons. The van der Waals surface area contributed by atoms with E-state index < -0.39 is 16.4 Å². The molecule has 1 unspecified atom stereocenters. The molecule has 0 aliphatic rings. The van der Waals surface area contributed by atoms with Gasteiger partial charge in [-0.15, -0.1) is 0 Å². The Labute approximate surface area is 165 Å². The van der Waals surface area contributed by atoms with Gasteiger partial charge in [-0.3, -0.25) is 0 Å². The number of halogens is 2. The number of hydrogen-bond donors (Lipinski definition) is 2. The third kappa shape index (κ3) is 9.72. The van der Waals surface area contributed by atoms with E-state index in [1.54, 1.807) is 19.1 Å². The van der Waals surface area contributed by atoms with Crippen LogP contribution in [-0.2, 0) is 16.4 Å². The van der Waals surface area contributed by atoms with Crippen molar-refractivity contribution in [1.29, 1.82) is 0 Å². The summed E-state index contributed by atoms with van der Waals surface area (Å²) in [5, 5.41) is 6.25. The highest BCUT2D eigenvalue weighted by atomic mass is 32.2. The van der Waals surface area contributed by atoms with Crippen LogP contribution in [0.2, 0.25) is 0 Å². The summed E-state index contributed by atoms with van der Waals surface area (Å²) in [5.41, 5.74) is 0.756. The fraction of sp³-hybridized carbons (Fsp3) is 0.611. The number of nitrogens with one attached hydrogen (secondary N) is 2. The predicted octanol–water partition coefficient (Wildman–Crippen LogP) is 2.57. The summed E-state index contributed by atoms with van der Waals surface area (Å²) in [5.74, 6) is 0.831. The molecule has 7 nitrogen and oxygen atoms in total. The van der Waals surface area contributed by atoms with E-state index in [1.807, 2.05) is 13.8 Å². The van der Waals surface area contributed by atoms with E-state index in [0.717, 1.165) is 5.56 Å². The maximum absolute atomic E-state index is 12.5. The Morgan fingerprint density at radius 1 is 1.25 bits per heavy atom. The second-order valence-electron chi connectivity index (χ2n) is 6.25. The van der Waals surface area contributed by atoms with Crippen LogP contribution in [0.3, 0.4) is 0 Å². The standard InChI is InChI=1S/C18H29F2N3O4S/c1-5-21-18(23-13(3)9-10-28(4,24)25)22-12-14-7-8-15(27-17(19)20)16(11-14)26-6-2/h7-8,11,13,17H,5-6,9-10,12H2,1-4H3,(H2,21,22,23). The molecule has 0 radical (unpaired) electrons. The molecule has 1 aromatic rings. The molecular formula is C18H29F2N3O4S. The molecule has 0 spiro atoms. The van der Waals surface area contributed by atoms with Gasteiger partial charge in [-0.25, -0.2) is 13.4 Å². The van der Waals surface area contributed by atoms with Crippen LogP contribution in [0.15, 0.2) is 23.2 Å². The largest absolute Gasteiger partial charge is 0.490 e. The summed E-state index contributed by atoms with van der Waals surface area (Å²) in [4.78, 5) is 4.46. The summed E-state index contributed by atoms with van der Waals surface area (Å²) in [6, 6.07) is 4.59. The topological polar surface area (TPSA) is 89.0 Å². The number of sulfone groups is 1. The highest BCUT2D eigenvalue weighted by molar-refractivity contribution is 7.90. The van der Waals surface area contributed by atoms with Crippen LogP contribution in [-0.4, -0.2) is 52.2 Å². The van der Waals surface area contributed by atoms with Gasteiger partial charge in [-0.1, -0.05) is 6.07 Å². The molecule has 0 aliphatic carbocycles. The maximum atomic E-state index is 12.5. The molecule has 2 N–H and O–H groups in total. The first-order chi connectivity index (χ1) is 13.1. The smallest absolute Gasteiger partial charge is 0.387 e. The van der Waals surface area contributed by atoms with Gasteiger partial charge in [0.2, 0.25) is 0 Å². The summed E-state index contributed by atoms with van der Waals surface area (Å²) < 4.78 is 57.4. The molecule has 0 amide bonds. The van der Waals surface area contributed by atoms with Gasteiger partial charge in [-0.2, -0.15) is 8.78 Å². The van der Waals surface area contributed by atoms with Crippen LogP contribution in [0.4, 0.5) is 8.78 Å². The monoisotopic (exact) mass is 421 g/mol. The van der Waals surface area contributed by atoms with Gasteiger partial charge in [0.15, 0.2) is 17.5 Å². The Bertz CT molecular complexity index is 742. The number of benzene rings is 1.